The van der Waals surface area contributed by atoms with Gasteiger partial charge in [-0.05, 0) is 18.8 Å². The maximum absolute atomic E-state index is 13.2. The van der Waals surface area contributed by atoms with Gasteiger partial charge in [-0.2, -0.15) is 17.0 Å². The van der Waals surface area contributed by atoms with Crippen LogP contribution in [0.15, 0.2) is 34.1 Å². The highest BCUT2D eigenvalue weighted by molar-refractivity contribution is 7.86. The molecular weight excluding hydrogens is 348 g/mol. The average molecular weight is 370 g/mol. The van der Waals surface area contributed by atoms with E-state index < -0.39 is 10.2 Å². The van der Waals surface area contributed by atoms with E-state index in [1.165, 1.54) is 33.9 Å². The van der Waals surface area contributed by atoms with Crippen LogP contribution >= 0.6 is 0 Å². The highest BCUT2D eigenvalue weighted by atomic mass is 32.2. The van der Waals surface area contributed by atoms with Crippen molar-refractivity contribution in [2.24, 2.45) is 5.92 Å². The molecule has 9 nitrogen and oxygen atoms in total. The van der Waals surface area contributed by atoms with E-state index in [2.05, 4.69) is 9.97 Å². The molecule has 0 amide bonds. The molecule has 1 aliphatic rings. The van der Waals surface area contributed by atoms with E-state index in [4.69, 9.17) is 13.6 Å². The van der Waals surface area contributed by atoms with Crippen molar-refractivity contribution in [2.75, 3.05) is 26.8 Å². The minimum Gasteiger partial charge on any atom is -0.451 e. The molecule has 0 aliphatic carbocycles. The Hall–Kier alpha value is -1.75. The van der Waals surface area contributed by atoms with Gasteiger partial charge in [0.05, 0.1) is 31.1 Å². The predicted molar refractivity (Wildman–Crippen MR) is 87.3 cm³/mol. The molecule has 2 aromatic rings. The fraction of sp³-hybridized carbons (Fsp3) is 0.600. The molecule has 1 aliphatic heterocycles. The summed E-state index contributed by atoms with van der Waals surface area (Å²) in [6.07, 6.45) is 7.23. The van der Waals surface area contributed by atoms with Crippen molar-refractivity contribution in [3.8, 4) is 0 Å². The lowest BCUT2D eigenvalue weighted by Crippen LogP contribution is -2.48. The molecule has 1 atom stereocenters. The Bertz CT molecular complexity index is 694. The minimum absolute atomic E-state index is 0.108. The summed E-state index contributed by atoms with van der Waals surface area (Å²) in [5.74, 6) is 0.203. The van der Waals surface area contributed by atoms with Crippen LogP contribution in [0.4, 0.5) is 0 Å². The third kappa shape index (κ3) is 4.46. The van der Waals surface area contributed by atoms with Crippen LogP contribution in [-0.2, 0) is 28.0 Å². The van der Waals surface area contributed by atoms with Crippen LogP contribution in [-0.4, -0.2) is 53.8 Å². The van der Waals surface area contributed by atoms with Crippen LogP contribution in [0.2, 0.25) is 0 Å². The van der Waals surface area contributed by atoms with Crippen molar-refractivity contribution in [3.05, 3.63) is 36.7 Å². The quantitative estimate of drug-likeness (QED) is 0.689. The largest absolute Gasteiger partial charge is 0.451 e. The second-order valence-corrected chi connectivity index (χ2v) is 7.99. The second-order valence-electron chi connectivity index (χ2n) is 6.06. The third-order valence-electron chi connectivity index (χ3n) is 4.18. The van der Waals surface area contributed by atoms with Gasteiger partial charge in [0, 0.05) is 20.2 Å². The van der Waals surface area contributed by atoms with Crippen LogP contribution < -0.4 is 0 Å². The first kappa shape index (κ1) is 18.1. The van der Waals surface area contributed by atoms with Crippen molar-refractivity contribution >= 4 is 10.2 Å². The molecule has 0 bridgehead atoms. The lowest BCUT2D eigenvalue weighted by Gasteiger charge is -2.35. The van der Waals surface area contributed by atoms with Crippen LogP contribution in [0.1, 0.15) is 24.2 Å². The molecule has 0 radical (unpaired) electrons. The van der Waals surface area contributed by atoms with E-state index in [9.17, 15) is 8.42 Å². The highest BCUT2D eigenvalue weighted by Gasteiger charge is 2.34. The van der Waals surface area contributed by atoms with Crippen molar-refractivity contribution in [1.82, 2.24) is 18.6 Å². The molecule has 0 aromatic carbocycles. The number of hydrogen-bond donors (Lipinski definition) is 0. The Morgan fingerprint density at radius 1 is 1.24 bits per heavy atom. The number of oxazole rings is 2. The Kier molecular flexibility index (Phi) is 5.84. The molecule has 0 N–H and O–H groups in total. The van der Waals surface area contributed by atoms with Crippen LogP contribution in [0.3, 0.4) is 0 Å². The van der Waals surface area contributed by atoms with Gasteiger partial charge in [-0.25, -0.2) is 9.97 Å². The Balaban J connectivity index is 1.79. The molecule has 2 aromatic heterocycles. The summed E-state index contributed by atoms with van der Waals surface area (Å²) < 4.78 is 44.3. The van der Waals surface area contributed by atoms with E-state index in [-0.39, 0.29) is 19.0 Å². The first-order chi connectivity index (χ1) is 12.1. The zero-order valence-electron chi connectivity index (χ0n) is 14.1. The van der Waals surface area contributed by atoms with Gasteiger partial charge in [-0.15, -0.1) is 0 Å². The average Bonchev–Trinajstić information content (AvgIpc) is 3.29. The first-order valence-electron chi connectivity index (χ1n) is 8.08. The zero-order valence-corrected chi connectivity index (χ0v) is 14.9. The Morgan fingerprint density at radius 2 is 1.88 bits per heavy atom. The molecule has 1 unspecified atom stereocenters. The van der Waals surface area contributed by atoms with E-state index >= 15 is 0 Å². The van der Waals surface area contributed by atoms with Gasteiger partial charge in [-0.3, -0.25) is 0 Å². The molecule has 3 heterocycles. The van der Waals surface area contributed by atoms with Gasteiger partial charge < -0.3 is 13.6 Å². The standard InChI is InChI=1S/C15H22N4O5S/c1-22-8-13-3-2-4-18(5-13)25(20,21)19(6-14-9-23-11-16-14)7-15-10-24-12-17-15/h9-13H,2-8H2,1H3. The third-order valence-corrected chi connectivity index (χ3v) is 6.08. The maximum atomic E-state index is 13.2. The van der Waals surface area contributed by atoms with Crippen LogP contribution in [0.5, 0.6) is 0 Å². The summed E-state index contributed by atoms with van der Waals surface area (Å²) in [7, 11) is -2.05. The molecule has 0 saturated carbocycles. The molecule has 138 valence electrons. The molecule has 25 heavy (non-hydrogen) atoms. The van der Waals surface area contributed by atoms with Crippen molar-refractivity contribution < 1.29 is 22.0 Å². The number of rotatable bonds is 8. The Labute approximate surface area is 146 Å². The fourth-order valence-corrected chi connectivity index (χ4v) is 4.66. The summed E-state index contributed by atoms with van der Waals surface area (Å²) in [5, 5.41) is 0. The molecule has 1 fully saturated rings. The lowest BCUT2D eigenvalue weighted by molar-refractivity contribution is 0.116. The van der Waals surface area contributed by atoms with Gasteiger partial charge in [-0.1, -0.05) is 0 Å². The summed E-state index contributed by atoms with van der Waals surface area (Å²) in [6.45, 7) is 1.72. The first-order valence-corrected chi connectivity index (χ1v) is 9.47. The predicted octanol–water partition coefficient (Wildman–Crippen LogP) is 1.27. The van der Waals surface area contributed by atoms with Gasteiger partial charge in [0.15, 0.2) is 12.8 Å². The SMILES string of the molecule is COCC1CCCN(S(=O)(=O)N(Cc2cocn2)Cc2cocn2)C1. The summed E-state index contributed by atoms with van der Waals surface area (Å²) >= 11 is 0. The summed E-state index contributed by atoms with van der Waals surface area (Å²) in [4.78, 5) is 8.07. The van der Waals surface area contributed by atoms with Crippen molar-refractivity contribution in [3.63, 3.8) is 0 Å². The van der Waals surface area contributed by atoms with Crippen LogP contribution in [0.25, 0.3) is 0 Å². The smallest absolute Gasteiger partial charge is 0.282 e. The summed E-state index contributed by atoms with van der Waals surface area (Å²) in [6, 6.07) is 0. The second kappa shape index (κ2) is 8.09. The van der Waals surface area contributed by atoms with Gasteiger partial charge in [0.1, 0.15) is 12.5 Å². The minimum atomic E-state index is -3.68. The molecule has 10 heteroatoms. The number of methoxy groups -OCH3 is 1. The topological polar surface area (TPSA) is 102 Å². The number of aromatic nitrogens is 2. The van der Waals surface area contributed by atoms with Gasteiger partial charge >= 0.3 is 0 Å². The number of ether oxygens (including phenoxy) is 1. The normalized spacial score (nSPS) is 19.5. The maximum Gasteiger partial charge on any atom is 0.282 e. The van der Waals surface area contributed by atoms with Gasteiger partial charge in [0.25, 0.3) is 10.2 Å². The van der Waals surface area contributed by atoms with Crippen LogP contribution in [0, 0.1) is 5.92 Å². The van der Waals surface area contributed by atoms with Gasteiger partial charge in [0.2, 0.25) is 0 Å². The number of piperidine rings is 1. The molecule has 3 rings (SSSR count). The van der Waals surface area contributed by atoms with E-state index in [0.717, 1.165) is 12.8 Å². The number of hydrogen-bond acceptors (Lipinski definition) is 7. The fourth-order valence-electron chi connectivity index (χ4n) is 2.98. The zero-order chi connectivity index (χ0) is 17.7. The monoisotopic (exact) mass is 370 g/mol. The van der Waals surface area contributed by atoms with Crippen molar-refractivity contribution in [1.29, 1.82) is 0 Å². The van der Waals surface area contributed by atoms with Crippen molar-refractivity contribution in [2.45, 2.75) is 25.9 Å². The van der Waals surface area contributed by atoms with E-state index in [1.807, 2.05) is 0 Å². The Morgan fingerprint density at radius 3 is 2.40 bits per heavy atom. The molecule has 1 saturated heterocycles. The molecule has 0 spiro atoms. The summed E-state index contributed by atoms with van der Waals surface area (Å²) in [5.41, 5.74) is 1.08. The van der Waals surface area contributed by atoms with E-state index in [1.54, 1.807) is 7.11 Å². The highest BCUT2D eigenvalue weighted by Crippen LogP contribution is 2.23. The number of nitrogens with zero attached hydrogens (tertiary/aromatic N) is 4. The lowest BCUT2D eigenvalue weighted by atomic mass is 10.0. The molecular formula is C15H22N4O5S. The van der Waals surface area contributed by atoms with E-state index in [0.29, 0.717) is 31.1 Å².